The highest BCUT2D eigenvalue weighted by molar-refractivity contribution is 9.10. The van der Waals surface area contributed by atoms with E-state index in [1.54, 1.807) is 43.3 Å². The summed E-state index contributed by atoms with van der Waals surface area (Å²) in [5.41, 5.74) is 1.87. The average molecular weight is 636 g/mol. The van der Waals surface area contributed by atoms with Crippen LogP contribution in [0.1, 0.15) is 31.4 Å². The van der Waals surface area contributed by atoms with E-state index in [0.717, 1.165) is 16.9 Å². The van der Waals surface area contributed by atoms with Crippen LogP contribution < -0.4 is 29.7 Å². The van der Waals surface area contributed by atoms with Gasteiger partial charge < -0.3 is 19.5 Å². The molecule has 0 aliphatic carbocycles. The Hall–Kier alpha value is -4.64. The maximum Gasteiger partial charge on any atom is 0.335 e. The van der Waals surface area contributed by atoms with Gasteiger partial charge in [0.2, 0.25) is 0 Å². The van der Waals surface area contributed by atoms with E-state index in [2.05, 4.69) is 26.6 Å². The maximum atomic E-state index is 13.6. The van der Waals surface area contributed by atoms with E-state index in [1.165, 1.54) is 12.1 Å². The van der Waals surface area contributed by atoms with Gasteiger partial charge in [-0.15, -0.1) is 0 Å². The molecule has 3 aromatic carbocycles. The molecule has 1 aliphatic heterocycles. The van der Waals surface area contributed by atoms with Crippen LogP contribution in [-0.2, 0) is 14.4 Å². The summed E-state index contributed by atoms with van der Waals surface area (Å²) >= 11 is 3.39. The third-order valence-electron chi connectivity index (χ3n) is 5.98. The molecule has 1 heterocycles. The summed E-state index contributed by atoms with van der Waals surface area (Å²) < 4.78 is 17.8. The first-order valence-electron chi connectivity index (χ1n) is 13.3. The van der Waals surface area contributed by atoms with E-state index in [-0.39, 0.29) is 29.5 Å². The molecular weight excluding hydrogens is 606 g/mol. The quantitative estimate of drug-likeness (QED) is 0.207. The van der Waals surface area contributed by atoms with Crippen LogP contribution in [0.15, 0.2) is 70.7 Å². The number of anilines is 2. The molecule has 11 heteroatoms. The zero-order valence-electron chi connectivity index (χ0n) is 23.4. The molecule has 0 aromatic heterocycles. The Balaban J connectivity index is 1.60. The molecule has 2 N–H and O–H groups in total. The number of carbonyl (C=O) groups is 4. The van der Waals surface area contributed by atoms with E-state index >= 15 is 0 Å². The van der Waals surface area contributed by atoms with E-state index in [1.807, 2.05) is 32.0 Å². The molecule has 4 rings (SSSR count). The highest BCUT2D eigenvalue weighted by Gasteiger charge is 2.37. The van der Waals surface area contributed by atoms with Crippen molar-refractivity contribution in [1.29, 1.82) is 0 Å². The Morgan fingerprint density at radius 2 is 1.74 bits per heavy atom. The second-order valence-corrected chi connectivity index (χ2v) is 10.2. The van der Waals surface area contributed by atoms with Gasteiger partial charge in [0.25, 0.3) is 17.7 Å². The minimum atomic E-state index is -0.898. The minimum Gasteiger partial charge on any atom is -0.490 e. The van der Waals surface area contributed by atoms with Gasteiger partial charge in [0.05, 0.1) is 18.9 Å². The zero-order valence-corrected chi connectivity index (χ0v) is 24.9. The van der Waals surface area contributed by atoms with Gasteiger partial charge in [-0.05, 0) is 74.4 Å². The smallest absolute Gasteiger partial charge is 0.335 e. The Morgan fingerprint density at radius 3 is 2.48 bits per heavy atom. The van der Waals surface area contributed by atoms with Crippen LogP contribution in [0.3, 0.4) is 0 Å². The maximum absolute atomic E-state index is 13.6. The van der Waals surface area contributed by atoms with E-state index in [0.29, 0.717) is 40.4 Å². The Labute approximate surface area is 251 Å². The lowest BCUT2D eigenvalue weighted by molar-refractivity contribution is -0.122. The number of imide groups is 2. The number of carbonyl (C=O) groups excluding carboxylic acids is 4. The number of hydrogen-bond acceptors (Lipinski definition) is 7. The molecule has 0 unspecified atom stereocenters. The highest BCUT2D eigenvalue weighted by atomic mass is 79.9. The number of nitrogens with zero attached hydrogens (tertiary/aromatic N) is 1. The molecule has 1 saturated heterocycles. The molecule has 42 heavy (non-hydrogen) atoms. The molecule has 0 atom stereocenters. The number of nitrogens with one attached hydrogen (secondary N) is 2. The predicted octanol–water partition coefficient (Wildman–Crippen LogP) is 5.63. The second-order valence-electron chi connectivity index (χ2n) is 9.26. The fraction of sp³-hybridized carbons (Fsp3) is 0.226. The van der Waals surface area contributed by atoms with Crippen molar-refractivity contribution >= 4 is 57.1 Å². The fourth-order valence-electron chi connectivity index (χ4n) is 4.11. The number of ether oxygens (including phenoxy) is 3. The number of hydrogen-bond donors (Lipinski definition) is 2. The van der Waals surface area contributed by atoms with Gasteiger partial charge in [0.1, 0.15) is 11.3 Å². The summed E-state index contributed by atoms with van der Waals surface area (Å²) in [4.78, 5) is 52.6. The van der Waals surface area contributed by atoms with Crippen molar-refractivity contribution in [2.75, 3.05) is 30.0 Å². The van der Waals surface area contributed by atoms with Crippen molar-refractivity contribution in [2.24, 2.45) is 0 Å². The first kappa shape index (κ1) is 30.3. The summed E-state index contributed by atoms with van der Waals surface area (Å²) in [7, 11) is 0. The number of amides is 5. The molecule has 10 nitrogen and oxygen atoms in total. The first-order chi connectivity index (χ1) is 20.2. The van der Waals surface area contributed by atoms with Gasteiger partial charge in [-0.2, -0.15) is 0 Å². The number of barbiturate groups is 1. The van der Waals surface area contributed by atoms with Crippen LogP contribution in [0.25, 0.3) is 6.08 Å². The van der Waals surface area contributed by atoms with E-state index in [4.69, 9.17) is 14.2 Å². The number of aryl methyl sites for hydroxylation is 1. The molecule has 3 aromatic rings. The van der Waals surface area contributed by atoms with Crippen LogP contribution in [0.2, 0.25) is 0 Å². The van der Waals surface area contributed by atoms with Crippen LogP contribution in [-0.4, -0.2) is 43.6 Å². The summed E-state index contributed by atoms with van der Waals surface area (Å²) in [6.07, 6.45) is 2.10. The molecule has 0 spiro atoms. The van der Waals surface area contributed by atoms with Gasteiger partial charge in [0, 0.05) is 21.8 Å². The summed E-state index contributed by atoms with van der Waals surface area (Å²) in [5.74, 6) is -1.000. The molecule has 0 bridgehead atoms. The van der Waals surface area contributed by atoms with Crippen LogP contribution in [0, 0.1) is 6.92 Å². The molecule has 0 saturated carbocycles. The normalized spacial score (nSPS) is 14.0. The van der Waals surface area contributed by atoms with Crippen molar-refractivity contribution in [2.45, 2.75) is 27.2 Å². The third kappa shape index (κ3) is 7.35. The SMILES string of the molecule is CCCOc1ccc(N2C(=O)NC(=O)/C(=C\c3cc(Br)ccc3OCC(=O)Nc3cccc(C)c3)C2=O)cc1OCC. The lowest BCUT2D eigenvalue weighted by atomic mass is 10.1. The highest BCUT2D eigenvalue weighted by Crippen LogP contribution is 2.34. The van der Waals surface area contributed by atoms with E-state index in [9.17, 15) is 19.2 Å². The number of urea groups is 1. The Kier molecular flexibility index (Phi) is 9.98. The van der Waals surface area contributed by atoms with Crippen molar-refractivity contribution in [3.8, 4) is 17.2 Å². The third-order valence-corrected chi connectivity index (χ3v) is 6.47. The summed E-state index contributed by atoms with van der Waals surface area (Å²) in [5, 5.41) is 4.98. The van der Waals surface area contributed by atoms with Gasteiger partial charge in [0.15, 0.2) is 18.1 Å². The molecule has 5 amide bonds. The van der Waals surface area contributed by atoms with E-state index < -0.39 is 17.8 Å². The van der Waals surface area contributed by atoms with Crippen molar-refractivity contribution < 1.29 is 33.4 Å². The predicted molar refractivity (Wildman–Crippen MR) is 162 cm³/mol. The molecule has 1 aliphatic rings. The number of halogens is 1. The monoisotopic (exact) mass is 635 g/mol. The number of rotatable bonds is 11. The standard InChI is InChI=1S/C31H30BrN3O7/c1-4-13-41-26-12-10-23(17-27(26)40-5-2)35-30(38)24(29(37)34-31(35)39)16-20-15-21(32)9-11-25(20)42-18-28(36)33-22-8-6-7-19(3)14-22/h6-12,14-17H,4-5,13,18H2,1-3H3,(H,33,36)(H,34,37,39)/b24-16+. The lowest BCUT2D eigenvalue weighted by Crippen LogP contribution is -2.54. The van der Waals surface area contributed by atoms with Crippen molar-refractivity contribution in [1.82, 2.24) is 5.32 Å². The molecule has 218 valence electrons. The van der Waals surface area contributed by atoms with Gasteiger partial charge >= 0.3 is 6.03 Å². The number of benzene rings is 3. The van der Waals surface area contributed by atoms with Crippen LogP contribution in [0.4, 0.5) is 16.2 Å². The summed E-state index contributed by atoms with van der Waals surface area (Å²) in [6.45, 7) is 6.18. The zero-order chi connectivity index (χ0) is 30.2. The summed E-state index contributed by atoms with van der Waals surface area (Å²) in [6, 6.07) is 16.1. The van der Waals surface area contributed by atoms with Gasteiger partial charge in [-0.25, -0.2) is 9.69 Å². The second kappa shape index (κ2) is 13.8. The van der Waals surface area contributed by atoms with Gasteiger partial charge in [-0.3, -0.25) is 19.7 Å². The largest absolute Gasteiger partial charge is 0.490 e. The molecule has 0 radical (unpaired) electrons. The molecule has 1 fully saturated rings. The first-order valence-corrected chi connectivity index (χ1v) is 14.1. The lowest BCUT2D eigenvalue weighted by Gasteiger charge is -2.27. The van der Waals surface area contributed by atoms with Crippen molar-refractivity contribution in [3.05, 3.63) is 81.8 Å². The topological polar surface area (TPSA) is 123 Å². The van der Waals surface area contributed by atoms with Crippen LogP contribution in [0.5, 0.6) is 17.2 Å². The van der Waals surface area contributed by atoms with Crippen LogP contribution >= 0.6 is 15.9 Å². The van der Waals surface area contributed by atoms with Crippen molar-refractivity contribution in [3.63, 3.8) is 0 Å². The average Bonchev–Trinajstić information content (AvgIpc) is 2.94. The van der Waals surface area contributed by atoms with Gasteiger partial charge in [-0.1, -0.05) is 35.0 Å². The Morgan fingerprint density at radius 1 is 0.952 bits per heavy atom. The molecular formula is C31H30BrN3O7. The fourth-order valence-corrected chi connectivity index (χ4v) is 4.49. The minimum absolute atomic E-state index is 0.196. The Bertz CT molecular complexity index is 1550.